The zero-order valence-electron chi connectivity index (χ0n) is 10.7. The Labute approximate surface area is 105 Å². The Bertz CT molecular complexity index is 268. The number of aliphatic hydroxyl groups is 1. The molecule has 0 saturated carbocycles. The highest BCUT2D eigenvalue weighted by molar-refractivity contribution is 4.90. The lowest BCUT2D eigenvalue weighted by atomic mass is 10.0. The van der Waals surface area contributed by atoms with Crippen LogP contribution in [0.4, 0.5) is 13.2 Å². The number of hydrogen-bond donors (Lipinski definition) is 2. The number of hydrogen-bond acceptors (Lipinski definition) is 4. The van der Waals surface area contributed by atoms with E-state index in [1.165, 1.54) is 4.90 Å². The van der Waals surface area contributed by atoms with Gasteiger partial charge in [0.1, 0.15) is 6.04 Å². The monoisotopic (exact) mass is 270 g/mol. The van der Waals surface area contributed by atoms with Crippen molar-refractivity contribution in [2.45, 2.75) is 44.2 Å². The molecule has 0 aliphatic carbocycles. The highest BCUT2D eigenvalue weighted by Crippen LogP contribution is 2.31. The fourth-order valence-corrected chi connectivity index (χ4v) is 2.38. The van der Waals surface area contributed by atoms with Crippen LogP contribution < -0.4 is 5.73 Å². The highest BCUT2D eigenvalue weighted by atomic mass is 19.4. The molecule has 4 nitrogen and oxygen atoms in total. The maximum atomic E-state index is 13.0. The first-order valence-corrected chi connectivity index (χ1v) is 5.99. The lowest BCUT2D eigenvalue weighted by Crippen LogP contribution is -2.60. The standard InChI is InChI=1S/C11H21F3N2O2/c1-10(2)7-16(5-8(6-17)18-10)9(3-4-15)11(12,13)14/h8-9,17H,3-7,15H2,1-2H3. The first-order valence-electron chi connectivity index (χ1n) is 5.99. The van der Waals surface area contributed by atoms with Crippen molar-refractivity contribution >= 4 is 0 Å². The third-order valence-corrected chi connectivity index (χ3v) is 2.97. The fourth-order valence-electron chi connectivity index (χ4n) is 2.38. The van der Waals surface area contributed by atoms with Gasteiger partial charge in [0.15, 0.2) is 0 Å². The van der Waals surface area contributed by atoms with E-state index in [4.69, 9.17) is 15.6 Å². The molecule has 0 aromatic heterocycles. The normalized spacial score (nSPS) is 27.2. The van der Waals surface area contributed by atoms with Crippen molar-refractivity contribution in [3.8, 4) is 0 Å². The van der Waals surface area contributed by atoms with Crippen molar-refractivity contribution in [3.05, 3.63) is 0 Å². The van der Waals surface area contributed by atoms with Gasteiger partial charge in [-0.25, -0.2) is 0 Å². The van der Waals surface area contributed by atoms with Crippen LogP contribution in [0, 0.1) is 0 Å². The summed E-state index contributed by atoms with van der Waals surface area (Å²) in [5, 5.41) is 9.10. The molecule has 1 heterocycles. The Balaban J connectivity index is 2.83. The molecule has 7 heteroatoms. The van der Waals surface area contributed by atoms with E-state index >= 15 is 0 Å². The largest absolute Gasteiger partial charge is 0.404 e. The van der Waals surface area contributed by atoms with Crippen LogP contribution in [0.1, 0.15) is 20.3 Å². The zero-order chi connectivity index (χ0) is 14.0. The van der Waals surface area contributed by atoms with Crippen LogP contribution in [0.5, 0.6) is 0 Å². The highest BCUT2D eigenvalue weighted by Gasteiger charge is 2.47. The lowest BCUT2D eigenvalue weighted by Gasteiger charge is -2.45. The minimum atomic E-state index is -4.31. The van der Waals surface area contributed by atoms with Crippen molar-refractivity contribution < 1.29 is 23.0 Å². The minimum Gasteiger partial charge on any atom is -0.394 e. The zero-order valence-corrected chi connectivity index (χ0v) is 10.7. The van der Waals surface area contributed by atoms with Crippen LogP contribution in [0.15, 0.2) is 0 Å². The average Bonchev–Trinajstić information content (AvgIpc) is 2.21. The van der Waals surface area contributed by atoms with Crippen molar-refractivity contribution in [3.63, 3.8) is 0 Å². The molecule has 1 saturated heterocycles. The second-order valence-corrected chi connectivity index (χ2v) is 5.25. The molecule has 3 N–H and O–H groups in total. The second kappa shape index (κ2) is 5.73. The van der Waals surface area contributed by atoms with Gasteiger partial charge in [0.25, 0.3) is 0 Å². The van der Waals surface area contributed by atoms with Gasteiger partial charge in [0.2, 0.25) is 0 Å². The number of nitrogens with zero attached hydrogens (tertiary/aromatic N) is 1. The molecule has 1 fully saturated rings. The quantitative estimate of drug-likeness (QED) is 0.791. The molecule has 0 amide bonds. The summed E-state index contributed by atoms with van der Waals surface area (Å²) in [7, 11) is 0. The lowest BCUT2D eigenvalue weighted by molar-refractivity contribution is -0.222. The smallest absolute Gasteiger partial charge is 0.394 e. The Kier molecular flexibility index (Phi) is 4.99. The Hall–Kier alpha value is -0.370. The first kappa shape index (κ1) is 15.7. The summed E-state index contributed by atoms with van der Waals surface area (Å²) < 4.78 is 44.4. The summed E-state index contributed by atoms with van der Waals surface area (Å²) in [6.45, 7) is 3.38. The SMILES string of the molecule is CC1(C)CN(C(CCN)C(F)(F)F)CC(CO)O1. The third kappa shape index (κ3) is 4.08. The van der Waals surface area contributed by atoms with Crippen LogP contribution in [-0.4, -0.2) is 60.2 Å². The fraction of sp³-hybridized carbons (Fsp3) is 1.00. The summed E-state index contributed by atoms with van der Waals surface area (Å²) in [6, 6.07) is -1.57. The second-order valence-electron chi connectivity index (χ2n) is 5.25. The topological polar surface area (TPSA) is 58.7 Å². The van der Waals surface area contributed by atoms with Crippen LogP contribution in [0.3, 0.4) is 0 Å². The van der Waals surface area contributed by atoms with Gasteiger partial charge in [-0.1, -0.05) is 0 Å². The molecule has 2 atom stereocenters. The molecule has 0 bridgehead atoms. The molecule has 2 unspecified atom stereocenters. The predicted octanol–water partition coefficient (Wildman–Crippen LogP) is 0.738. The Morgan fingerprint density at radius 3 is 2.56 bits per heavy atom. The van der Waals surface area contributed by atoms with Gasteiger partial charge in [0.05, 0.1) is 18.3 Å². The molecule has 0 radical (unpaired) electrons. The number of rotatable bonds is 4. The van der Waals surface area contributed by atoms with Gasteiger partial charge in [-0.15, -0.1) is 0 Å². The van der Waals surface area contributed by atoms with Gasteiger partial charge < -0.3 is 15.6 Å². The van der Waals surface area contributed by atoms with E-state index in [1.807, 2.05) is 0 Å². The van der Waals surface area contributed by atoms with Gasteiger partial charge >= 0.3 is 6.18 Å². The number of halogens is 3. The van der Waals surface area contributed by atoms with Gasteiger partial charge in [0, 0.05) is 13.1 Å². The van der Waals surface area contributed by atoms with Crippen molar-refractivity contribution in [1.29, 1.82) is 0 Å². The van der Waals surface area contributed by atoms with E-state index in [0.717, 1.165) is 0 Å². The van der Waals surface area contributed by atoms with Crippen molar-refractivity contribution in [1.82, 2.24) is 4.90 Å². The number of aliphatic hydroxyl groups excluding tert-OH is 1. The minimum absolute atomic E-state index is 0.0221. The summed E-state index contributed by atoms with van der Waals surface area (Å²) >= 11 is 0. The molecular weight excluding hydrogens is 249 g/mol. The van der Waals surface area contributed by atoms with E-state index in [0.29, 0.717) is 0 Å². The van der Waals surface area contributed by atoms with E-state index in [-0.39, 0.29) is 32.7 Å². The summed E-state index contributed by atoms with van der Waals surface area (Å²) in [5.41, 5.74) is 4.56. The van der Waals surface area contributed by atoms with E-state index in [1.54, 1.807) is 13.8 Å². The molecule has 0 spiro atoms. The molecule has 1 aliphatic heterocycles. The Morgan fingerprint density at radius 1 is 1.50 bits per heavy atom. The van der Waals surface area contributed by atoms with Crippen LogP contribution in [0.2, 0.25) is 0 Å². The molecule has 0 aromatic carbocycles. The van der Waals surface area contributed by atoms with Crippen LogP contribution >= 0.6 is 0 Å². The van der Waals surface area contributed by atoms with Crippen LogP contribution in [0.25, 0.3) is 0 Å². The Morgan fingerprint density at radius 2 is 2.11 bits per heavy atom. The van der Waals surface area contributed by atoms with Gasteiger partial charge in [-0.3, -0.25) is 4.90 Å². The average molecular weight is 270 g/mol. The predicted molar refractivity (Wildman–Crippen MR) is 61.1 cm³/mol. The van der Waals surface area contributed by atoms with Crippen LogP contribution in [-0.2, 0) is 4.74 Å². The maximum absolute atomic E-state index is 13.0. The van der Waals surface area contributed by atoms with E-state index < -0.39 is 23.9 Å². The summed E-state index contributed by atoms with van der Waals surface area (Å²) in [6.07, 6.45) is -5.04. The first-order chi connectivity index (χ1) is 8.19. The number of nitrogens with two attached hydrogens (primary N) is 1. The summed E-state index contributed by atoms with van der Waals surface area (Å²) in [4.78, 5) is 1.32. The maximum Gasteiger partial charge on any atom is 0.404 e. The summed E-state index contributed by atoms with van der Waals surface area (Å²) in [5.74, 6) is 0. The third-order valence-electron chi connectivity index (χ3n) is 2.97. The number of ether oxygens (including phenoxy) is 1. The molecule has 108 valence electrons. The van der Waals surface area contributed by atoms with E-state index in [2.05, 4.69) is 0 Å². The van der Waals surface area contributed by atoms with Crippen molar-refractivity contribution in [2.75, 3.05) is 26.2 Å². The molecule has 18 heavy (non-hydrogen) atoms. The van der Waals surface area contributed by atoms with Gasteiger partial charge in [-0.05, 0) is 26.8 Å². The molecular formula is C11H21F3N2O2. The van der Waals surface area contributed by atoms with Crippen molar-refractivity contribution in [2.24, 2.45) is 5.73 Å². The molecule has 1 aliphatic rings. The number of morpholine rings is 1. The number of alkyl halides is 3. The molecule has 0 aromatic rings. The van der Waals surface area contributed by atoms with Gasteiger partial charge in [-0.2, -0.15) is 13.2 Å². The van der Waals surface area contributed by atoms with E-state index in [9.17, 15) is 13.2 Å². The molecule has 1 rings (SSSR count).